The number of rotatable bonds is 7. The van der Waals surface area contributed by atoms with E-state index >= 15 is 0 Å². The molecule has 0 aromatic carbocycles. The van der Waals surface area contributed by atoms with Gasteiger partial charge in [-0.2, -0.15) is 10.2 Å². The van der Waals surface area contributed by atoms with E-state index in [-0.39, 0.29) is 24.1 Å². The van der Waals surface area contributed by atoms with E-state index in [1.54, 1.807) is 11.9 Å². The van der Waals surface area contributed by atoms with E-state index in [1.807, 2.05) is 25.5 Å². The Morgan fingerprint density at radius 3 is 2.54 bits per heavy atom. The van der Waals surface area contributed by atoms with Crippen molar-refractivity contribution in [3.63, 3.8) is 0 Å². The van der Waals surface area contributed by atoms with Crippen molar-refractivity contribution in [3.8, 4) is 0 Å². The Balaban J connectivity index is 1.73. The van der Waals surface area contributed by atoms with E-state index in [0.717, 1.165) is 41.0 Å². The normalized spacial score (nSPS) is 14.3. The summed E-state index contributed by atoms with van der Waals surface area (Å²) in [4.78, 5) is 14.1. The molecule has 3 rings (SSSR count). The first-order valence-corrected chi connectivity index (χ1v) is 8.94. The van der Waals surface area contributed by atoms with Crippen molar-refractivity contribution < 1.29 is 13.6 Å². The van der Waals surface area contributed by atoms with E-state index in [2.05, 4.69) is 10.2 Å². The Kier molecular flexibility index (Phi) is 5.11. The number of amides is 1. The molecular formula is C18H25F2N5O. The topological polar surface area (TPSA) is 56.0 Å². The van der Waals surface area contributed by atoms with Gasteiger partial charge in [0, 0.05) is 37.3 Å². The number of likely N-dealkylation sites (N-methyl/N-ethyl adjacent to an activating group) is 1. The van der Waals surface area contributed by atoms with Crippen molar-refractivity contribution >= 4 is 5.91 Å². The number of halogens is 2. The number of nitrogens with zero attached hydrogens (tertiary/aromatic N) is 5. The van der Waals surface area contributed by atoms with Crippen molar-refractivity contribution in [2.75, 3.05) is 7.05 Å². The zero-order valence-electron chi connectivity index (χ0n) is 15.7. The Morgan fingerprint density at radius 1 is 1.31 bits per heavy atom. The standard InChI is InChI=1S/C18H25F2N5O/c1-5-24-12(3)14(11(2)21-24)9-23(4)17(26)10-25-16(18(19)20)8-15(22-25)13-6-7-13/h8,13,18H,5-7,9-10H2,1-4H3. The third-order valence-corrected chi connectivity index (χ3v) is 4.99. The second-order valence-electron chi connectivity index (χ2n) is 6.94. The van der Waals surface area contributed by atoms with Gasteiger partial charge in [-0.1, -0.05) is 0 Å². The molecule has 0 spiro atoms. The third kappa shape index (κ3) is 3.64. The molecule has 0 N–H and O–H groups in total. The summed E-state index contributed by atoms with van der Waals surface area (Å²) in [6.07, 6.45) is -0.679. The largest absolute Gasteiger partial charge is 0.340 e. The summed E-state index contributed by atoms with van der Waals surface area (Å²) in [6.45, 7) is 6.89. The van der Waals surface area contributed by atoms with Gasteiger partial charge in [0.05, 0.1) is 11.4 Å². The van der Waals surface area contributed by atoms with Crippen LogP contribution in [0.5, 0.6) is 0 Å². The third-order valence-electron chi connectivity index (χ3n) is 4.99. The fourth-order valence-corrected chi connectivity index (χ4v) is 3.18. The van der Waals surface area contributed by atoms with Gasteiger partial charge in [0.25, 0.3) is 6.43 Å². The van der Waals surface area contributed by atoms with Gasteiger partial charge in [0.2, 0.25) is 5.91 Å². The van der Waals surface area contributed by atoms with Gasteiger partial charge in [0.1, 0.15) is 12.2 Å². The molecule has 142 valence electrons. The molecule has 1 aliphatic carbocycles. The van der Waals surface area contributed by atoms with Crippen molar-refractivity contribution in [3.05, 3.63) is 34.4 Å². The smallest absolute Gasteiger partial charge is 0.280 e. The molecule has 0 unspecified atom stereocenters. The van der Waals surface area contributed by atoms with E-state index in [0.29, 0.717) is 12.2 Å². The zero-order valence-corrected chi connectivity index (χ0v) is 15.7. The van der Waals surface area contributed by atoms with Gasteiger partial charge in [-0.25, -0.2) is 8.78 Å². The molecule has 1 fully saturated rings. The van der Waals surface area contributed by atoms with Gasteiger partial charge >= 0.3 is 0 Å². The minimum absolute atomic E-state index is 0.178. The number of carbonyl (C=O) groups excluding carboxylic acids is 1. The second kappa shape index (κ2) is 7.17. The van der Waals surface area contributed by atoms with Crippen molar-refractivity contribution in [1.82, 2.24) is 24.5 Å². The minimum Gasteiger partial charge on any atom is -0.340 e. The van der Waals surface area contributed by atoms with Crippen molar-refractivity contribution in [2.24, 2.45) is 0 Å². The van der Waals surface area contributed by atoms with Gasteiger partial charge in [-0.3, -0.25) is 14.2 Å². The molecular weight excluding hydrogens is 340 g/mol. The first-order chi connectivity index (χ1) is 12.3. The van der Waals surface area contributed by atoms with Crippen LogP contribution in [0, 0.1) is 13.8 Å². The number of hydrogen-bond donors (Lipinski definition) is 0. The molecule has 1 saturated carbocycles. The van der Waals surface area contributed by atoms with Crippen LogP contribution in [-0.4, -0.2) is 37.4 Å². The Bertz CT molecular complexity index is 807. The molecule has 2 aromatic rings. The summed E-state index contributed by atoms with van der Waals surface area (Å²) in [5.74, 6) is 0.0205. The summed E-state index contributed by atoms with van der Waals surface area (Å²) < 4.78 is 29.6. The molecule has 26 heavy (non-hydrogen) atoms. The van der Waals surface area contributed by atoms with Crippen molar-refractivity contribution in [1.29, 1.82) is 0 Å². The van der Waals surface area contributed by atoms with E-state index in [9.17, 15) is 13.6 Å². The molecule has 2 aromatic heterocycles. The maximum Gasteiger partial charge on any atom is 0.280 e. The lowest BCUT2D eigenvalue weighted by molar-refractivity contribution is -0.131. The molecule has 0 atom stereocenters. The molecule has 0 bridgehead atoms. The summed E-state index contributed by atoms with van der Waals surface area (Å²) in [5.41, 5.74) is 3.39. The summed E-state index contributed by atoms with van der Waals surface area (Å²) in [5, 5.41) is 8.70. The average molecular weight is 365 g/mol. The Morgan fingerprint density at radius 2 is 2.00 bits per heavy atom. The molecule has 0 radical (unpaired) electrons. The maximum atomic E-state index is 13.3. The number of carbonyl (C=O) groups is 1. The SMILES string of the molecule is CCn1nc(C)c(CN(C)C(=O)Cn2nc(C3CC3)cc2C(F)F)c1C. The minimum atomic E-state index is -2.64. The van der Waals surface area contributed by atoms with Crippen LogP contribution in [0.4, 0.5) is 8.78 Å². The van der Waals surface area contributed by atoms with Gasteiger partial charge in [-0.05, 0) is 39.7 Å². The number of hydrogen-bond acceptors (Lipinski definition) is 3. The monoisotopic (exact) mass is 365 g/mol. The van der Waals surface area contributed by atoms with Crippen LogP contribution in [0.3, 0.4) is 0 Å². The molecule has 0 saturated heterocycles. The zero-order chi connectivity index (χ0) is 19.0. The molecule has 2 heterocycles. The van der Waals surface area contributed by atoms with E-state index < -0.39 is 6.43 Å². The van der Waals surface area contributed by atoms with Crippen LogP contribution in [-0.2, 0) is 24.4 Å². The van der Waals surface area contributed by atoms with E-state index in [4.69, 9.17) is 0 Å². The molecule has 8 heteroatoms. The van der Waals surface area contributed by atoms with Crippen LogP contribution >= 0.6 is 0 Å². The summed E-state index contributed by atoms with van der Waals surface area (Å²) in [6, 6.07) is 1.44. The second-order valence-corrected chi connectivity index (χ2v) is 6.94. The number of alkyl halides is 2. The molecule has 1 amide bonds. The first kappa shape index (κ1) is 18.5. The van der Waals surface area contributed by atoms with Crippen LogP contribution in [0.1, 0.15) is 60.4 Å². The molecule has 0 aliphatic heterocycles. The highest BCUT2D eigenvalue weighted by Crippen LogP contribution is 2.40. The Hall–Kier alpha value is -2.25. The quantitative estimate of drug-likeness (QED) is 0.757. The number of aromatic nitrogens is 4. The van der Waals surface area contributed by atoms with Crippen LogP contribution in [0.25, 0.3) is 0 Å². The van der Waals surface area contributed by atoms with Crippen LogP contribution in [0.2, 0.25) is 0 Å². The fraction of sp³-hybridized carbons (Fsp3) is 0.611. The van der Waals surface area contributed by atoms with Crippen LogP contribution in [0.15, 0.2) is 6.07 Å². The highest BCUT2D eigenvalue weighted by Gasteiger charge is 2.29. The molecule has 1 aliphatic rings. The van der Waals surface area contributed by atoms with E-state index in [1.165, 1.54) is 6.07 Å². The number of aryl methyl sites for hydroxylation is 2. The summed E-state index contributed by atoms with van der Waals surface area (Å²) >= 11 is 0. The maximum absolute atomic E-state index is 13.3. The highest BCUT2D eigenvalue weighted by atomic mass is 19.3. The van der Waals surface area contributed by atoms with Gasteiger partial charge in [-0.15, -0.1) is 0 Å². The lowest BCUT2D eigenvalue weighted by Crippen LogP contribution is -2.31. The first-order valence-electron chi connectivity index (χ1n) is 8.94. The lowest BCUT2D eigenvalue weighted by Gasteiger charge is -2.18. The summed E-state index contributed by atoms with van der Waals surface area (Å²) in [7, 11) is 1.68. The van der Waals surface area contributed by atoms with Crippen LogP contribution < -0.4 is 0 Å². The molecule has 6 nitrogen and oxygen atoms in total. The van der Waals surface area contributed by atoms with Gasteiger partial charge < -0.3 is 4.90 Å². The highest BCUT2D eigenvalue weighted by molar-refractivity contribution is 5.75. The van der Waals surface area contributed by atoms with Crippen molar-refractivity contribution in [2.45, 2.75) is 65.6 Å². The predicted molar refractivity (Wildman–Crippen MR) is 93.0 cm³/mol. The Labute approximate surface area is 151 Å². The average Bonchev–Trinajstić information content (AvgIpc) is 3.30. The predicted octanol–water partition coefficient (Wildman–Crippen LogP) is 3.19. The lowest BCUT2D eigenvalue weighted by atomic mass is 10.2. The van der Waals surface area contributed by atoms with Gasteiger partial charge in [0.15, 0.2) is 0 Å². The fourth-order valence-electron chi connectivity index (χ4n) is 3.18.